The number of hydrogen-bond donors (Lipinski definition) is 1. The zero-order valence-electron chi connectivity index (χ0n) is 20.4. The number of nitrogens with zero attached hydrogens (tertiary/aromatic N) is 5. The van der Waals surface area contributed by atoms with Gasteiger partial charge in [0.25, 0.3) is 5.89 Å². The van der Waals surface area contributed by atoms with E-state index in [2.05, 4.69) is 25.0 Å². The van der Waals surface area contributed by atoms with Crippen LogP contribution in [0, 0.1) is 0 Å². The van der Waals surface area contributed by atoms with Crippen molar-refractivity contribution in [2.45, 2.75) is 22.7 Å². The van der Waals surface area contributed by atoms with Crippen LogP contribution in [0.2, 0.25) is 0 Å². The van der Waals surface area contributed by atoms with Gasteiger partial charge >= 0.3 is 18.5 Å². The van der Waals surface area contributed by atoms with Crippen LogP contribution in [0.3, 0.4) is 0 Å². The van der Waals surface area contributed by atoms with E-state index in [4.69, 9.17) is 9.66 Å². The molecule has 2 N–H and O–H groups in total. The molecule has 0 saturated heterocycles. The molecule has 0 spiro atoms. The highest BCUT2D eigenvalue weighted by molar-refractivity contribution is 7.91. The Bertz CT molecular complexity index is 1940. The predicted molar refractivity (Wildman–Crippen MR) is 128 cm³/mol. The molecule has 0 fully saturated rings. The van der Waals surface area contributed by atoms with E-state index >= 15 is 0 Å². The van der Waals surface area contributed by atoms with Gasteiger partial charge in [-0.3, -0.25) is 0 Å². The lowest BCUT2D eigenvalue weighted by Gasteiger charge is -2.17. The van der Waals surface area contributed by atoms with Crippen LogP contribution in [0.15, 0.2) is 51.3 Å². The van der Waals surface area contributed by atoms with Gasteiger partial charge in [-0.15, -0.1) is 11.3 Å². The molecule has 43 heavy (non-hydrogen) atoms. The van der Waals surface area contributed by atoms with Crippen molar-refractivity contribution >= 4 is 27.0 Å². The van der Waals surface area contributed by atoms with Gasteiger partial charge in [0.15, 0.2) is 17.9 Å². The minimum absolute atomic E-state index is 0.163. The molecule has 0 radical (unpaired) electrons. The van der Waals surface area contributed by atoms with Gasteiger partial charge in [-0.25, -0.2) is 23.1 Å². The minimum Gasteiger partial charge on any atom is -0.483 e. The summed E-state index contributed by atoms with van der Waals surface area (Å²) in [5.74, 6) is -1.88. The summed E-state index contributed by atoms with van der Waals surface area (Å²) in [6.45, 7) is -2.10. The lowest BCUT2D eigenvalue weighted by Crippen LogP contribution is -2.21. The van der Waals surface area contributed by atoms with Crippen LogP contribution in [-0.4, -0.2) is 45.9 Å². The molecule has 21 heteroatoms. The topological polar surface area (TPSA) is 138 Å². The fourth-order valence-corrected chi connectivity index (χ4v) is 5.34. The maximum atomic E-state index is 14.0. The molecule has 228 valence electrons. The first-order valence-corrected chi connectivity index (χ1v) is 13.5. The van der Waals surface area contributed by atoms with Crippen molar-refractivity contribution in [1.82, 2.24) is 24.7 Å². The third-order valence-corrected chi connectivity index (χ3v) is 7.99. The number of aromatic nitrogens is 5. The molecule has 4 aromatic heterocycles. The zero-order valence-corrected chi connectivity index (χ0v) is 22.0. The van der Waals surface area contributed by atoms with E-state index in [0.29, 0.717) is 40.1 Å². The number of rotatable bonds is 6. The highest BCUT2D eigenvalue weighted by Crippen LogP contribution is 2.41. The number of nitrogens with two attached hydrogens (primary N) is 1. The summed E-state index contributed by atoms with van der Waals surface area (Å²) in [5.41, 5.74) is -4.94. The van der Waals surface area contributed by atoms with Crippen LogP contribution < -0.4 is 9.88 Å². The summed E-state index contributed by atoms with van der Waals surface area (Å²) < 4.78 is 153. The standard InChI is InChI=1S/C22H11F9N6O4S2/c23-20(24,25)8-40-13-5-9(1-2-11(13)21(26,27)28)12-6-15(22(29,30)31)37-18(34-12)10(7-33-37)19-35-17(36-41-19)14-3-4-16(42-14)43(32,38)39/h1-7H,8H2,(H2,32,38,39). The number of halogens is 9. The van der Waals surface area contributed by atoms with E-state index in [1.54, 1.807) is 0 Å². The van der Waals surface area contributed by atoms with Crippen molar-refractivity contribution in [2.24, 2.45) is 5.14 Å². The fraction of sp³-hybridized carbons (Fsp3) is 0.182. The second-order valence-corrected chi connectivity index (χ2v) is 11.4. The molecule has 0 amide bonds. The Morgan fingerprint density at radius 3 is 2.28 bits per heavy atom. The van der Waals surface area contributed by atoms with Crippen molar-refractivity contribution in [3.8, 4) is 39.2 Å². The number of hydrogen-bond acceptors (Lipinski definition) is 9. The summed E-state index contributed by atoms with van der Waals surface area (Å²) in [6.07, 6.45) is -14.4. The van der Waals surface area contributed by atoms with Crippen molar-refractivity contribution in [2.75, 3.05) is 6.61 Å². The van der Waals surface area contributed by atoms with Gasteiger partial charge in [0.1, 0.15) is 15.5 Å². The molecule has 0 aliphatic rings. The number of alkyl halides is 9. The van der Waals surface area contributed by atoms with Crippen LogP contribution in [0.1, 0.15) is 11.3 Å². The number of ether oxygens (including phenoxy) is 1. The number of sulfonamides is 1. The molecule has 5 rings (SSSR count). The van der Waals surface area contributed by atoms with E-state index in [9.17, 15) is 47.9 Å². The van der Waals surface area contributed by atoms with E-state index in [-0.39, 0.29) is 20.5 Å². The minimum atomic E-state index is -5.15. The molecule has 0 aliphatic carbocycles. The first kappa shape index (κ1) is 30.2. The summed E-state index contributed by atoms with van der Waals surface area (Å²) >= 11 is 0.677. The second kappa shape index (κ2) is 10.2. The summed E-state index contributed by atoms with van der Waals surface area (Å²) in [4.78, 5) is 8.23. The van der Waals surface area contributed by atoms with E-state index in [0.717, 1.165) is 6.20 Å². The third-order valence-electron chi connectivity index (χ3n) is 5.47. The maximum Gasteiger partial charge on any atom is 0.433 e. The molecule has 10 nitrogen and oxygen atoms in total. The molecular weight excluding hydrogens is 647 g/mol. The van der Waals surface area contributed by atoms with Gasteiger partial charge in [-0.05, 0) is 30.3 Å². The van der Waals surface area contributed by atoms with E-state index in [1.807, 2.05) is 0 Å². The lowest BCUT2D eigenvalue weighted by molar-refractivity contribution is -0.158. The van der Waals surface area contributed by atoms with Crippen LogP contribution in [-0.2, 0) is 22.4 Å². The Hall–Kier alpha value is -4.24. The zero-order chi connectivity index (χ0) is 31.5. The monoisotopic (exact) mass is 658 g/mol. The molecule has 4 heterocycles. The Morgan fingerprint density at radius 1 is 0.953 bits per heavy atom. The highest BCUT2D eigenvalue weighted by atomic mass is 32.2. The third kappa shape index (κ3) is 6.27. The van der Waals surface area contributed by atoms with Crippen molar-refractivity contribution < 1.29 is 57.2 Å². The highest BCUT2D eigenvalue weighted by Gasteiger charge is 2.38. The van der Waals surface area contributed by atoms with Gasteiger partial charge in [0, 0.05) is 5.56 Å². The normalized spacial score (nSPS) is 13.2. The van der Waals surface area contributed by atoms with E-state index in [1.165, 1.54) is 12.1 Å². The Balaban J connectivity index is 1.63. The summed E-state index contributed by atoms with van der Waals surface area (Å²) in [7, 11) is -4.05. The lowest BCUT2D eigenvalue weighted by atomic mass is 10.1. The Morgan fingerprint density at radius 2 is 1.67 bits per heavy atom. The van der Waals surface area contributed by atoms with E-state index < -0.39 is 75.0 Å². The molecule has 1 aromatic carbocycles. The molecular formula is C22H11F9N6O4S2. The van der Waals surface area contributed by atoms with Crippen LogP contribution >= 0.6 is 11.3 Å². The second-order valence-electron chi connectivity index (χ2n) is 8.52. The van der Waals surface area contributed by atoms with Gasteiger partial charge < -0.3 is 9.26 Å². The maximum absolute atomic E-state index is 14.0. The van der Waals surface area contributed by atoms with Crippen LogP contribution in [0.4, 0.5) is 39.5 Å². The molecule has 0 atom stereocenters. The van der Waals surface area contributed by atoms with Gasteiger partial charge in [0.2, 0.25) is 15.8 Å². The van der Waals surface area contributed by atoms with Crippen molar-refractivity contribution in [1.29, 1.82) is 0 Å². The molecule has 0 unspecified atom stereocenters. The molecule has 0 aliphatic heterocycles. The van der Waals surface area contributed by atoms with Crippen LogP contribution in [0.25, 0.3) is 39.1 Å². The number of primary sulfonamides is 1. The smallest absolute Gasteiger partial charge is 0.433 e. The first-order chi connectivity index (χ1) is 19.8. The summed E-state index contributed by atoms with van der Waals surface area (Å²) in [6, 6.07) is 4.44. The van der Waals surface area contributed by atoms with Crippen molar-refractivity contribution in [3.05, 3.63) is 53.9 Å². The molecule has 5 aromatic rings. The first-order valence-electron chi connectivity index (χ1n) is 11.2. The quantitative estimate of drug-likeness (QED) is 0.226. The number of fused-ring (bicyclic) bond motifs is 1. The average molecular weight is 658 g/mol. The molecule has 0 saturated carbocycles. The fourth-order valence-electron chi connectivity index (χ4n) is 3.68. The van der Waals surface area contributed by atoms with Crippen LogP contribution in [0.5, 0.6) is 5.75 Å². The average Bonchev–Trinajstić information content (AvgIpc) is 3.63. The number of thiophene rings is 1. The van der Waals surface area contributed by atoms with Gasteiger partial charge in [-0.2, -0.15) is 49.6 Å². The van der Waals surface area contributed by atoms with Gasteiger partial charge in [0.05, 0.1) is 22.3 Å². The number of benzene rings is 1. The largest absolute Gasteiger partial charge is 0.483 e. The predicted octanol–water partition coefficient (Wildman–Crippen LogP) is 5.80. The Labute approximate surface area is 236 Å². The summed E-state index contributed by atoms with van der Waals surface area (Å²) in [5, 5.41) is 12.4. The Kier molecular flexibility index (Phi) is 7.16. The molecule has 0 bridgehead atoms. The van der Waals surface area contributed by atoms with Crippen molar-refractivity contribution in [3.63, 3.8) is 0 Å². The van der Waals surface area contributed by atoms with Gasteiger partial charge in [-0.1, -0.05) is 11.2 Å². The SMILES string of the molecule is NS(=O)(=O)c1ccc(-c2noc(-c3cnn4c(C(F)(F)F)cc(-c5ccc(C(F)(F)F)c(OCC(F)(F)F)c5)nc34)n2)s1.